The first-order chi connectivity index (χ1) is 12.6. The van der Waals surface area contributed by atoms with Crippen molar-refractivity contribution in [2.24, 2.45) is 0 Å². The lowest BCUT2D eigenvalue weighted by molar-refractivity contribution is 0.209. The summed E-state index contributed by atoms with van der Waals surface area (Å²) in [7, 11) is 0. The lowest BCUT2D eigenvalue weighted by Gasteiger charge is -2.19. The molecule has 146 valence electrons. The average molecular weight is 424 g/mol. The van der Waals surface area contributed by atoms with Gasteiger partial charge in [0, 0.05) is 12.4 Å². The Hall–Kier alpha value is -3.10. The van der Waals surface area contributed by atoms with E-state index in [4.69, 9.17) is 5.11 Å². The van der Waals surface area contributed by atoms with Gasteiger partial charge in [-0.25, -0.2) is 19.2 Å². The molecule has 1 atom stereocenters. The number of hydrogen-bond acceptors (Lipinski definition) is 3. The molecular formula is C18H16Cl2FN5O2. The fourth-order valence-corrected chi connectivity index (χ4v) is 2.96. The van der Waals surface area contributed by atoms with Crippen molar-refractivity contribution < 1.29 is 14.3 Å². The van der Waals surface area contributed by atoms with E-state index in [1.807, 2.05) is 29.0 Å². The van der Waals surface area contributed by atoms with Crippen LogP contribution in [-0.4, -0.2) is 30.7 Å². The molecule has 2 aromatic heterocycles. The van der Waals surface area contributed by atoms with Gasteiger partial charge in [-0.2, -0.15) is 0 Å². The Bertz CT molecular complexity index is 1070. The number of nitrogens with zero attached hydrogens (tertiary/aromatic N) is 3. The first-order valence-corrected chi connectivity index (χ1v) is 7.83. The molecule has 2 aromatic carbocycles. The summed E-state index contributed by atoms with van der Waals surface area (Å²) in [5, 5.41) is 11.0. The van der Waals surface area contributed by atoms with Crippen molar-refractivity contribution >= 4 is 47.9 Å². The molecule has 28 heavy (non-hydrogen) atoms. The van der Waals surface area contributed by atoms with Gasteiger partial charge in [-0.05, 0) is 35.4 Å². The van der Waals surface area contributed by atoms with Crippen molar-refractivity contribution in [2.45, 2.75) is 6.04 Å². The third kappa shape index (κ3) is 4.24. The molecule has 0 fully saturated rings. The summed E-state index contributed by atoms with van der Waals surface area (Å²) in [5.74, 6) is -0.142. The van der Waals surface area contributed by atoms with Crippen molar-refractivity contribution in [2.75, 3.05) is 5.32 Å². The summed E-state index contributed by atoms with van der Waals surface area (Å²) in [4.78, 5) is 22.0. The molecule has 0 radical (unpaired) electrons. The zero-order valence-corrected chi connectivity index (χ0v) is 15.9. The molecule has 0 bridgehead atoms. The standard InChI is InChI=1S/C18H14FN5O2.2ClH/c19-13-4-1-11(2-5-13)16(24-8-7-20-10-24)12-3-6-14-15(9-12)22-17(21-14)23-18(25)26;;/h1-10,16H,(H,25,26)(H2,21,22,23);2*1H. The number of carbonyl (C=O) groups is 1. The smallest absolute Gasteiger partial charge is 0.411 e. The Morgan fingerprint density at radius 2 is 1.86 bits per heavy atom. The second kappa shape index (κ2) is 8.73. The van der Waals surface area contributed by atoms with E-state index in [2.05, 4.69) is 20.3 Å². The van der Waals surface area contributed by atoms with Crippen LogP contribution in [0.2, 0.25) is 0 Å². The molecule has 4 aromatic rings. The molecule has 4 rings (SSSR count). The number of anilines is 1. The molecule has 3 N–H and O–H groups in total. The Balaban J connectivity index is 0.00000140. The summed E-state index contributed by atoms with van der Waals surface area (Å²) in [6.45, 7) is 0. The monoisotopic (exact) mass is 423 g/mol. The molecule has 0 saturated carbocycles. The highest BCUT2D eigenvalue weighted by molar-refractivity contribution is 5.86. The van der Waals surface area contributed by atoms with E-state index in [0.29, 0.717) is 11.0 Å². The summed E-state index contributed by atoms with van der Waals surface area (Å²) in [5.41, 5.74) is 3.15. The number of aromatic nitrogens is 4. The van der Waals surface area contributed by atoms with Crippen LogP contribution < -0.4 is 5.32 Å². The molecule has 1 amide bonds. The number of benzene rings is 2. The van der Waals surface area contributed by atoms with Gasteiger partial charge in [0.2, 0.25) is 5.95 Å². The second-order valence-corrected chi connectivity index (χ2v) is 5.76. The highest BCUT2D eigenvalue weighted by atomic mass is 35.5. The van der Waals surface area contributed by atoms with Gasteiger partial charge in [0.15, 0.2) is 0 Å². The van der Waals surface area contributed by atoms with Crippen LogP contribution in [0.1, 0.15) is 17.2 Å². The third-order valence-corrected chi connectivity index (χ3v) is 4.06. The first-order valence-electron chi connectivity index (χ1n) is 7.83. The van der Waals surface area contributed by atoms with Crippen molar-refractivity contribution in [3.05, 3.63) is 78.1 Å². The number of halogens is 3. The Labute approximate surface area is 171 Å². The third-order valence-electron chi connectivity index (χ3n) is 4.06. The second-order valence-electron chi connectivity index (χ2n) is 5.76. The van der Waals surface area contributed by atoms with Gasteiger partial charge >= 0.3 is 6.09 Å². The van der Waals surface area contributed by atoms with Gasteiger partial charge in [-0.3, -0.25) is 5.32 Å². The fraction of sp³-hybridized carbons (Fsp3) is 0.0556. The van der Waals surface area contributed by atoms with Gasteiger partial charge in [-0.1, -0.05) is 18.2 Å². The van der Waals surface area contributed by atoms with Crippen LogP contribution in [0.3, 0.4) is 0 Å². The number of imidazole rings is 2. The van der Waals surface area contributed by atoms with Crippen molar-refractivity contribution in [1.29, 1.82) is 0 Å². The molecule has 0 aliphatic carbocycles. The molecule has 0 saturated heterocycles. The predicted molar refractivity (Wildman–Crippen MR) is 108 cm³/mol. The Morgan fingerprint density at radius 1 is 1.14 bits per heavy atom. The number of nitrogens with one attached hydrogen (secondary N) is 2. The molecule has 0 aliphatic heterocycles. The number of aromatic amines is 1. The van der Waals surface area contributed by atoms with Gasteiger partial charge in [-0.15, -0.1) is 24.8 Å². The summed E-state index contributed by atoms with van der Waals surface area (Å²) < 4.78 is 15.2. The first kappa shape index (κ1) is 21.2. The molecule has 1 unspecified atom stereocenters. The van der Waals surface area contributed by atoms with E-state index < -0.39 is 6.09 Å². The maximum Gasteiger partial charge on any atom is 0.411 e. The van der Waals surface area contributed by atoms with E-state index in [1.54, 1.807) is 24.7 Å². The molecule has 10 heteroatoms. The van der Waals surface area contributed by atoms with Crippen LogP contribution in [0.5, 0.6) is 0 Å². The lowest BCUT2D eigenvalue weighted by atomic mass is 9.98. The van der Waals surface area contributed by atoms with Crippen molar-refractivity contribution in [3.63, 3.8) is 0 Å². The molecule has 7 nitrogen and oxygen atoms in total. The quantitative estimate of drug-likeness (QED) is 0.451. The normalized spacial score (nSPS) is 11.3. The Morgan fingerprint density at radius 3 is 2.50 bits per heavy atom. The van der Waals surface area contributed by atoms with Crippen LogP contribution >= 0.6 is 24.8 Å². The zero-order chi connectivity index (χ0) is 18.1. The summed E-state index contributed by atoms with van der Waals surface area (Å²) in [6, 6.07) is 11.7. The predicted octanol–water partition coefficient (Wildman–Crippen LogP) is 4.47. The molecule has 2 heterocycles. The van der Waals surface area contributed by atoms with Crippen LogP contribution in [0.15, 0.2) is 61.2 Å². The summed E-state index contributed by atoms with van der Waals surface area (Å²) in [6.07, 6.45) is 4.03. The van der Waals surface area contributed by atoms with Gasteiger partial charge in [0.1, 0.15) is 5.82 Å². The minimum absolute atomic E-state index is 0. The molecule has 0 aliphatic rings. The SMILES string of the molecule is Cl.Cl.O=C(O)Nc1nc2ccc(C(c3ccc(F)cc3)n3ccnc3)cc2[nH]1. The average Bonchev–Trinajstić information content (AvgIpc) is 3.25. The summed E-state index contributed by atoms with van der Waals surface area (Å²) >= 11 is 0. The Kier molecular flexibility index (Phi) is 6.61. The molecule has 0 spiro atoms. The van der Waals surface area contributed by atoms with Gasteiger partial charge in [0.25, 0.3) is 0 Å². The van der Waals surface area contributed by atoms with E-state index in [9.17, 15) is 9.18 Å². The van der Waals surface area contributed by atoms with Gasteiger partial charge in [0.05, 0.1) is 23.4 Å². The van der Waals surface area contributed by atoms with Crippen molar-refractivity contribution in [1.82, 2.24) is 19.5 Å². The van der Waals surface area contributed by atoms with Crippen LogP contribution in [0.4, 0.5) is 15.1 Å². The van der Waals surface area contributed by atoms with E-state index in [0.717, 1.165) is 11.1 Å². The number of hydrogen-bond donors (Lipinski definition) is 3. The van der Waals surface area contributed by atoms with Crippen molar-refractivity contribution in [3.8, 4) is 0 Å². The van der Waals surface area contributed by atoms with Crippen LogP contribution in [0, 0.1) is 5.82 Å². The minimum atomic E-state index is -1.19. The fourth-order valence-electron chi connectivity index (χ4n) is 2.96. The van der Waals surface area contributed by atoms with Crippen LogP contribution in [-0.2, 0) is 0 Å². The topological polar surface area (TPSA) is 95.8 Å². The van der Waals surface area contributed by atoms with E-state index >= 15 is 0 Å². The van der Waals surface area contributed by atoms with Crippen LogP contribution in [0.25, 0.3) is 11.0 Å². The highest BCUT2D eigenvalue weighted by Gasteiger charge is 2.17. The molecular weight excluding hydrogens is 408 g/mol. The van der Waals surface area contributed by atoms with Gasteiger partial charge < -0.3 is 14.7 Å². The number of rotatable bonds is 4. The zero-order valence-electron chi connectivity index (χ0n) is 14.2. The maximum absolute atomic E-state index is 13.3. The number of carboxylic acid groups (broad SMARTS) is 1. The van der Waals surface area contributed by atoms with E-state index in [-0.39, 0.29) is 42.6 Å². The number of H-pyrrole nitrogens is 1. The number of amides is 1. The maximum atomic E-state index is 13.3. The highest BCUT2D eigenvalue weighted by Crippen LogP contribution is 2.29. The van der Waals surface area contributed by atoms with E-state index in [1.165, 1.54) is 12.1 Å². The number of fused-ring (bicyclic) bond motifs is 1. The largest absolute Gasteiger partial charge is 0.465 e. The minimum Gasteiger partial charge on any atom is -0.465 e. The lowest BCUT2D eigenvalue weighted by Crippen LogP contribution is -2.10.